The molecule has 0 spiro atoms. The standard InChI is InChI=1S/C13H24N4OS/c1-5-11-10(12(6-2)18-17-11)9-16-13(14-3)15-7-8-19-4/h5-9H2,1-4H3,(H2,14,15,16). The number of aryl methyl sites for hydroxylation is 2. The average Bonchev–Trinajstić information content (AvgIpc) is 2.84. The van der Waals surface area contributed by atoms with E-state index in [0.717, 1.165) is 48.1 Å². The number of aliphatic imine (C=N–C) groups is 1. The summed E-state index contributed by atoms with van der Waals surface area (Å²) in [7, 11) is 1.78. The van der Waals surface area contributed by atoms with Crippen LogP contribution in [0.5, 0.6) is 0 Å². The summed E-state index contributed by atoms with van der Waals surface area (Å²) >= 11 is 1.81. The van der Waals surface area contributed by atoms with Crippen molar-refractivity contribution in [3.05, 3.63) is 17.0 Å². The van der Waals surface area contributed by atoms with E-state index in [-0.39, 0.29) is 0 Å². The highest BCUT2D eigenvalue weighted by molar-refractivity contribution is 7.98. The lowest BCUT2D eigenvalue weighted by Crippen LogP contribution is -2.38. The van der Waals surface area contributed by atoms with Gasteiger partial charge < -0.3 is 15.2 Å². The summed E-state index contributed by atoms with van der Waals surface area (Å²) in [6.45, 7) is 5.78. The first kappa shape index (κ1) is 15.9. The van der Waals surface area contributed by atoms with Gasteiger partial charge in [0, 0.05) is 37.9 Å². The molecule has 1 aromatic rings. The Morgan fingerprint density at radius 3 is 2.68 bits per heavy atom. The molecule has 1 aromatic heterocycles. The fourth-order valence-electron chi connectivity index (χ4n) is 1.80. The van der Waals surface area contributed by atoms with Gasteiger partial charge in [-0.25, -0.2) is 0 Å². The van der Waals surface area contributed by atoms with Gasteiger partial charge in [0.15, 0.2) is 5.96 Å². The first-order valence-electron chi connectivity index (χ1n) is 6.66. The van der Waals surface area contributed by atoms with E-state index < -0.39 is 0 Å². The number of hydrogen-bond acceptors (Lipinski definition) is 4. The highest BCUT2D eigenvalue weighted by atomic mass is 32.2. The largest absolute Gasteiger partial charge is 0.361 e. The predicted molar refractivity (Wildman–Crippen MR) is 81.8 cm³/mol. The minimum absolute atomic E-state index is 0.703. The molecule has 1 rings (SSSR count). The second-order valence-electron chi connectivity index (χ2n) is 4.08. The molecule has 0 saturated heterocycles. The predicted octanol–water partition coefficient (Wildman–Crippen LogP) is 1.83. The Bertz CT molecular complexity index is 382. The molecular weight excluding hydrogens is 260 g/mol. The van der Waals surface area contributed by atoms with Crippen LogP contribution >= 0.6 is 11.8 Å². The Kier molecular flexibility index (Phi) is 7.40. The molecule has 5 nitrogen and oxygen atoms in total. The van der Waals surface area contributed by atoms with Crippen LogP contribution in [0.3, 0.4) is 0 Å². The smallest absolute Gasteiger partial charge is 0.191 e. The van der Waals surface area contributed by atoms with Crippen LogP contribution in [0.15, 0.2) is 9.52 Å². The van der Waals surface area contributed by atoms with E-state index in [1.165, 1.54) is 0 Å². The van der Waals surface area contributed by atoms with Crippen LogP contribution in [0.4, 0.5) is 0 Å². The molecule has 0 saturated carbocycles. The van der Waals surface area contributed by atoms with Crippen LogP contribution in [0.1, 0.15) is 30.9 Å². The van der Waals surface area contributed by atoms with Crippen LogP contribution in [-0.4, -0.2) is 36.7 Å². The maximum absolute atomic E-state index is 5.35. The summed E-state index contributed by atoms with van der Waals surface area (Å²) in [6.07, 6.45) is 3.84. The van der Waals surface area contributed by atoms with Crippen molar-refractivity contribution in [1.29, 1.82) is 0 Å². The monoisotopic (exact) mass is 284 g/mol. The van der Waals surface area contributed by atoms with Gasteiger partial charge in [-0.15, -0.1) is 0 Å². The summed E-state index contributed by atoms with van der Waals surface area (Å²) < 4.78 is 5.35. The van der Waals surface area contributed by atoms with E-state index >= 15 is 0 Å². The zero-order valence-electron chi connectivity index (χ0n) is 12.2. The highest BCUT2D eigenvalue weighted by Gasteiger charge is 2.13. The van der Waals surface area contributed by atoms with Gasteiger partial charge in [-0.1, -0.05) is 19.0 Å². The SMILES string of the molecule is CCc1noc(CC)c1CNC(=NC)NCCSC. The van der Waals surface area contributed by atoms with Gasteiger partial charge in [0.1, 0.15) is 5.76 Å². The molecule has 0 aromatic carbocycles. The van der Waals surface area contributed by atoms with Crippen molar-refractivity contribution >= 4 is 17.7 Å². The molecule has 0 radical (unpaired) electrons. The number of nitrogens with one attached hydrogen (secondary N) is 2. The summed E-state index contributed by atoms with van der Waals surface area (Å²) in [4.78, 5) is 4.20. The van der Waals surface area contributed by atoms with E-state index in [1.807, 2.05) is 11.8 Å². The molecule has 108 valence electrons. The minimum atomic E-state index is 0.703. The second-order valence-corrected chi connectivity index (χ2v) is 5.07. The maximum Gasteiger partial charge on any atom is 0.191 e. The zero-order valence-corrected chi connectivity index (χ0v) is 13.1. The number of guanidine groups is 1. The second kappa shape index (κ2) is 8.85. The van der Waals surface area contributed by atoms with Crippen LogP contribution < -0.4 is 10.6 Å². The van der Waals surface area contributed by atoms with Gasteiger partial charge in [0.2, 0.25) is 0 Å². The van der Waals surface area contributed by atoms with Gasteiger partial charge in [-0.05, 0) is 12.7 Å². The number of hydrogen-bond donors (Lipinski definition) is 2. The van der Waals surface area contributed by atoms with Gasteiger partial charge in [0.05, 0.1) is 5.69 Å². The normalized spacial score (nSPS) is 11.7. The maximum atomic E-state index is 5.35. The summed E-state index contributed by atoms with van der Waals surface area (Å²) in [6, 6.07) is 0. The fraction of sp³-hybridized carbons (Fsp3) is 0.692. The molecule has 0 amide bonds. The molecule has 0 bridgehead atoms. The van der Waals surface area contributed by atoms with Crippen LogP contribution in [-0.2, 0) is 19.4 Å². The summed E-state index contributed by atoms with van der Waals surface area (Å²) in [5, 5.41) is 10.7. The fourth-order valence-corrected chi connectivity index (χ4v) is 2.11. The molecule has 0 unspecified atom stereocenters. The Balaban J connectivity index is 2.57. The first-order chi connectivity index (χ1) is 9.26. The van der Waals surface area contributed by atoms with Crippen LogP contribution in [0, 0.1) is 0 Å². The van der Waals surface area contributed by atoms with E-state index in [9.17, 15) is 0 Å². The van der Waals surface area contributed by atoms with Crippen molar-refractivity contribution in [3.8, 4) is 0 Å². The number of aromatic nitrogens is 1. The lowest BCUT2D eigenvalue weighted by atomic mass is 10.1. The van der Waals surface area contributed by atoms with Crippen molar-refractivity contribution < 1.29 is 4.52 Å². The topological polar surface area (TPSA) is 62.5 Å². The summed E-state index contributed by atoms with van der Waals surface area (Å²) in [5.41, 5.74) is 2.20. The molecule has 2 N–H and O–H groups in total. The molecule has 0 aliphatic rings. The van der Waals surface area contributed by atoms with Crippen molar-refractivity contribution in [3.63, 3.8) is 0 Å². The molecule has 6 heteroatoms. The Hall–Kier alpha value is -1.17. The minimum Gasteiger partial charge on any atom is -0.361 e. The first-order valence-corrected chi connectivity index (χ1v) is 8.05. The molecular formula is C13H24N4OS. The third-order valence-corrected chi connectivity index (χ3v) is 3.47. The van der Waals surface area contributed by atoms with Crippen LogP contribution in [0.2, 0.25) is 0 Å². The lowest BCUT2D eigenvalue weighted by molar-refractivity contribution is 0.380. The van der Waals surface area contributed by atoms with Gasteiger partial charge in [-0.2, -0.15) is 11.8 Å². The van der Waals surface area contributed by atoms with Gasteiger partial charge in [-0.3, -0.25) is 4.99 Å². The Morgan fingerprint density at radius 1 is 1.32 bits per heavy atom. The van der Waals surface area contributed by atoms with E-state index in [0.29, 0.717) is 6.54 Å². The van der Waals surface area contributed by atoms with Crippen molar-refractivity contribution in [2.75, 3.05) is 25.6 Å². The quantitative estimate of drug-likeness (QED) is 0.454. The molecule has 0 fully saturated rings. The molecule has 1 heterocycles. The van der Waals surface area contributed by atoms with Gasteiger partial charge in [0.25, 0.3) is 0 Å². The van der Waals surface area contributed by atoms with Crippen molar-refractivity contribution in [2.24, 2.45) is 4.99 Å². The third kappa shape index (κ3) is 4.78. The number of nitrogens with zero attached hydrogens (tertiary/aromatic N) is 2. The zero-order chi connectivity index (χ0) is 14.1. The molecule has 19 heavy (non-hydrogen) atoms. The van der Waals surface area contributed by atoms with E-state index in [1.54, 1.807) is 7.05 Å². The average molecular weight is 284 g/mol. The number of thioether (sulfide) groups is 1. The molecule has 0 aliphatic heterocycles. The number of rotatable bonds is 7. The Morgan fingerprint density at radius 2 is 2.11 bits per heavy atom. The van der Waals surface area contributed by atoms with Crippen molar-refractivity contribution in [1.82, 2.24) is 15.8 Å². The summed E-state index contributed by atoms with van der Waals surface area (Å²) in [5.74, 6) is 2.84. The van der Waals surface area contributed by atoms with Crippen molar-refractivity contribution in [2.45, 2.75) is 33.2 Å². The van der Waals surface area contributed by atoms with E-state index in [4.69, 9.17) is 4.52 Å². The molecule has 0 aliphatic carbocycles. The van der Waals surface area contributed by atoms with Crippen LogP contribution in [0.25, 0.3) is 0 Å². The lowest BCUT2D eigenvalue weighted by Gasteiger charge is -2.11. The van der Waals surface area contributed by atoms with E-state index in [2.05, 4.69) is 40.9 Å². The van der Waals surface area contributed by atoms with Gasteiger partial charge >= 0.3 is 0 Å². The third-order valence-electron chi connectivity index (χ3n) is 2.86. The Labute approximate surface area is 119 Å². The molecule has 0 atom stereocenters. The highest BCUT2D eigenvalue weighted by Crippen LogP contribution is 2.15.